The minimum atomic E-state index is -3.53. The number of sulfone groups is 1. The molecular formula is C18H19NO5S. The molecule has 3 rings (SSSR count). The molecule has 0 aliphatic carbocycles. The van der Waals surface area contributed by atoms with Crippen molar-refractivity contribution in [2.24, 2.45) is 0 Å². The number of hydrogen-bond donors (Lipinski definition) is 0. The second-order valence-electron chi connectivity index (χ2n) is 5.87. The highest BCUT2D eigenvalue weighted by Crippen LogP contribution is 2.43. The Bertz CT molecular complexity index is 875. The molecule has 132 valence electrons. The van der Waals surface area contributed by atoms with Gasteiger partial charge in [0.15, 0.2) is 15.1 Å². The first kappa shape index (κ1) is 17.3. The van der Waals surface area contributed by atoms with Crippen molar-refractivity contribution in [2.75, 3.05) is 25.4 Å². The van der Waals surface area contributed by atoms with Gasteiger partial charge in [-0.05, 0) is 42.0 Å². The molecule has 2 aromatic rings. The van der Waals surface area contributed by atoms with Gasteiger partial charge in [-0.1, -0.05) is 12.1 Å². The highest BCUT2D eigenvalue weighted by atomic mass is 32.2. The van der Waals surface area contributed by atoms with Crippen molar-refractivity contribution in [3.63, 3.8) is 0 Å². The summed E-state index contributed by atoms with van der Waals surface area (Å²) in [4.78, 5) is 14.1. The van der Waals surface area contributed by atoms with Crippen LogP contribution in [-0.4, -0.2) is 40.1 Å². The van der Waals surface area contributed by atoms with Gasteiger partial charge in [-0.2, -0.15) is 0 Å². The van der Waals surface area contributed by atoms with Crippen LogP contribution in [0.3, 0.4) is 0 Å². The Balaban J connectivity index is 2.01. The molecule has 7 heteroatoms. The number of carbonyl (C=O) groups is 1. The third-order valence-corrected chi connectivity index (χ3v) is 5.70. The van der Waals surface area contributed by atoms with E-state index in [2.05, 4.69) is 0 Å². The number of nitrogens with zero attached hydrogens (tertiary/aromatic N) is 1. The Morgan fingerprint density at radius 1 is 0.880 bits per heavy atom. The molecule has 0 spiro atoms. The fraction of sp³-hybridized carbons (Fsp3) is 0.278. The molecule has 1 fully saturated rings. The van der Waals surface area contributed by atoms with Crippen molar-refractivity contribution in [1.29, 1.82) is 0 Å². The molecular weight excluding hydrogens is 342 g/mol. The molecule has 1 saturated heterocycles. The second kappa shape index (κ2) is 6.40. The van der Waals surface area contributed by atoms with E-state index in [-0.39, 0.29) is 0 Å². The van der Waals surface area contributed by atoms with Gasteiger partial charge < -0.3 is 14.4 Å². The minimum absolute atomic E-state index is 0.423. The van der Waals surface area contributed by atoms with E-state index in [1.54, 1.807) is 62.8 Å². The fourth-order valence-electron chi connectivity index (χ4n) is 3.04. The minimum Gasteiger partial charge on any atom is -0.497 e. The van der Waals surface area contributed by atoms with Gasteiger partial charge >= 0.3 is 0 Å². The predicted octanol–water partition coefficient (Wildman–Crippen LogP) is 2.20. The largest absolute Gasteiger partial charge is 0.497 e. The van der Waals surface area contributed by atoms with Gasteiger partial charge in [0.1, 0.15) is 11.5 Å². The van der Waals surface area contributed by atoms with Gasteiger partial charge in [-0.25, -0.2) is 8.42 Å². The lowest BCUT2D eigenvalue weighted by atomic mass is 9.92. The van der Waals surface area contributed by atoms with Gasteiger partial charge in [0.2, 0.25) is 5.91 Å². The number of β-lactam (4-membered cyclic amide) rings is 1. The van der Waals surface area contributed by atoms with Crippen LogP contribution in [-0.2, 0) is 14.6 Å². The van der Waals surface area contributed by atoms with Crippen LogP contribution in [0.4, 0.5) is 5.69 Å². The molecule has 0 bridgehead atoms. The fourth-order valence-corrected chi connectivity index (χ4v) is 4.26. The monoisotopic (exact) mass is 361 g/mol. The maximum Gasteiger partial charge on any atom is 0.248 e. The third-order valence-electron chi connectivity index (χ3n) is 4.31. The smallest absolute Gasteiger partial charge is 0.248 e. The molecule has 0 saturated carbocycles. The highest BCUT2D eigenvalue weighted by molar-refractivity contribution is 7.92. The molecule has 2 atom stereocenters. The predicted molar refractivity (Wildman–Crippen MR) is 94.8 cm³/mol. The number of rotatable bonds is 5. The molecule has 0 unspecified atom stereocenters. The Labute approximate surface area is 146 Å². The van der Waals surface area contributed by atoms with Crippen LogP contribution in [0.15, 0.2) is 48.5 Å². The van der Waals surface area contributed by atoms with Crippen LogP contribution in [0.25, 0.3) is 0 Å². The average molecular weight is 361 g/mol. The Morgan fingerprint density at radius 3 is 1.80 bits per heavy atom. The van der Waals surface area contributed by atoms with Crippen LogP contribution >= 0.6 is 0 Å². The van der Waals surface area contributed by atoms with Crippen molar-refractivity contribution in [1.82, 2.24) is 0 Å². The normalized spacial score (nSPS) is 20.1. The zero-order chi connectivity index (χ0) is 18.2. The first-order valence-electron chi connectivity index (χ1n) is 7.66. The quantitative estimate of drug-likeness (QED) is 0.764. The van der Waals surface area contributed by atoms with Gasteiger partial charge in [-0.3, -0.25) is 4.79 Å². The zero-order valence-corrected chi connectivity index (χ0v) is 15.0. The summed E-state index contributed by atoms with van der Waals surface area (Å²) in [5, 5.41) is -1.08. The van der Waals surface area contributed by atoms with Gasteiger partial charge in [-0.15, -0.1) is 0 Å². The Morgan fingerprint density at radius 2 is 1.36 bits per heavy atom. The number of ether oxygens (including phenoxy) is 2. The number of anilines is 1. The van der Waals surface area contributed by atoms with E-state index < -0.39 is 27.0 Å². The molecule has 0 N–H and O–H groups in total. The van der Waals surface area contributed by atoms with E-state index in [4.69, 9.17) is 9.47 Å². The molecule has 1 heterocycles. The summed E-state index contributed by atoms with van der Waals surface area (Å²) in [5.74, 6) is 0.909. The van der Waals surface area contributed by atoms with E-state index in [1.807, 2.05) is 0 Å². The van der Waals surface area contributed by atoms with Gasteiger partial charge in [0.25, 0.3) is 0 Å². The summed E-state index contributed by atoms with van der Waals surface area (Å²) in [6.07, 6.45) is 1.09. The summed E-state index contributed by atoms with van der Waals surface area (Å²) in [6, 6.07) is 13.5. The lowest BCUT2D eigenvalue weighted by Gasteiger charge is -2.46. The molecule has 0 aromatic heterocycles. The van der Waals surface area contributed by atoms with Gasteiger partial charge in [0.05, 0.1) is 20.3 Å². The molecule has 1 amide bonds. The van der Waals surface area contributed by atoms with E-state index in [1.165, 1.54) is 4.90 Å². The Kier molecular flexibility index (Phi) is 4.43. The lowest BCUT2D eigenvalue weighted by Crippen LogP contribution is -2.62. The molecule has 2 aromatic carbocycles. The van der Waals surface area contributed by atoms with E-state index in [0.29, 0.717) is 17.2 Å². The van der Waals surface area contributed by atoms with Crippen molar-refractivity contribution in [3.8, 4) is 11.5 Å². The lowest BCUT2D eigenvalue weighted by molar-refractivity contribution is -0.123. The van der Waals surface area contributed by atoms with Crippen molar-refractivity contribution >= 4 is 21.4 Å². The molecule has 0 radical (unpaired) electrons. The standard InChI is InChI=1S/C18H19NO5S/c1-23-14-8-4-12(5-9-14)16-17(25(3,21)22)18(20)19(16)13-6-10-15(24-2)11-7-13/h4-11,16-17H,1-3H3/t16-,17+/m1/s1. The third kappa shape index (κ3) is 3.07. The topological polar surface area (TPSA) is 72.9 Å². The molecule has 1 aliphatic heterocycles. The highest BCUT2D eigenvalue weighted by Gasteiger charge is 2.54. The summed E-state index contributed by atoms with van der Waals surface area (Å²) in [7, 11) is -0.410. The molecule has 6 nitrogen and oxygen atoms in total. The number of hydrogen-bond acceptors (Lipinski definition) is 5. The maximum absolute atomic E-state index is 12.6. The SMILES string of the molecule is COc1ccc([C@@H]2[C@H](S(C)(=O)=O)C(=O)N2c2ccc(OC)cc2)cc1. The first-order chi connectivity index (χ1) is 11.9. The summed E-state index contributed by atoms with van der Waals surface area (Å²) >= 11 is 0. The summed E-state index contributed by atoms with van der Waals surface area (Å²) in [5.41, 5.74) is 1.37. The first-order valence-corrected chi connectivity index (χ1v) is 9.62. The van der Waals surface area contributed by atoms with E-state index in [9.17, 15) is 13.2 Å². The van der Waals surface area contributed by atoms with Crippen LogP contribution in [0, 0.1) is 0 Å². The number of benzene rings is 2. The van der Waals surface area contributed by atoms with Crippen molar-refractivity contribution in [3.05, 3.63) is 54.1 Å². The zero-order valence-electron chi connectivity index (χ0n) is 14.2. The number of methoxy groups -OCH3 is 2. The summed E-state index contributed by atoms with van der Waals surface area (Å²) < 4.78 is 34.5. The van der Waals surface area contributed by atoms with Gasteiger partial charge in [0, 0.05) is 11.9 Å². The van der Waals surface area contributed by atoms with Crippen molar-refractivity contribution in [2.45, 2.75) is 11.3 Å². The van der Waals surface area contributed by atoms with Crippen LogP contribution in [0.5, 0.6) is 11.5 Å². The molecule has 25 heavy (non-hydrogen) atoms. The Hall–Kier alpha value is -2.54. The maximum atomic E-state index is 12.6. The van der Waals surface area contributed by atoms with Crippen LogP contribution in [0.1, 0.15) is 11.6 Å². The van der Waals surface area contributed by atoms with Crippen LogP contribution in [0.2, 0.25) is 0 Å². The number of amides is 1. The van der Waals surface area contributed by atoms with Crippen LogP contribution < -0.4 is 14.4 Å². The van der Waals surface area contributed by atoms with E-state index in [0.717, 1.165) is 11.8 Å². The van der Waals surface area contributed by atoms with Crippen molar-refractivity contribution < 1.29 is 22.7 Å². The number of carbonyl (C=O) groups excluding carboxylic acids is 1. The molecule has 1 aliphatic rings. The van der Waals surface area contributed by atoms with E-state index >= 15 is 0 Å². The average Bonchev–Trinajstić information content (AvgIpc) is 2.59. The second-order valence-corrected chi connectivity index (χ2v) is 8.04. The summed E-state index contributed by atoms with van der Waals surface area (Å²) in [6.45, 7) is 0.